The van der Waals surface area contributed by atoms with E-state index in [2.05, 4.69) is 36.0 Å². The van der Waals surface area contributed by atoms with Crippen molar-refractivity contribution in [2.45, 2.75) is 33.2 Å². The minimum atomic E-state index is 0.430. The van der Waals surface area contributed by atoms with Crippen LogP contribution < -0.4 is 11.1 Å². The fourth-order valence-corrected chi connectivity index (χ4v) is 1.91. The van der Waals surface area contributed by atoms with E-state index in [0.717, 1.165) is 45.8 Å². The minimum absolute atomic E-state index is 0.430. The SMILES string of the molecule is CC(C)CCNC(N)=NC[C@@H](C)N1CCOCC1. The van der Waals surface area contributed by atoms with Gasteiger partial charge in [-0.15, -0.1) is 0 Å². The van der Waals surface area contributed by atoms with Crippen LogP contribution in [0.5, 0.6) is 0 Å². The summed E-state index contributed by atoms with van der Waals surface area (Å²) in [5.41, 5.74) is 5.83. The molecule has 0 spiro atoms. The maximum absolute atomic E-state index is 5.83. The van der Waals surface area contributed by atoms with Crippen LogP contribution >= 0.6 is 0 Å². The summed E-state index contributed by atoms with van der Waals surface area (Å²) in [6.07, 6.45) is 1.12. The highest BCUT2D eigenvalue weighted by molar-refractivity contribution is 5.77. The summed E-state index contributed by atoms with van der Waals surface area (Å²) in [5.74, 6) is 1.26. The number of nitrogens with zero attached hydrogens (tertiary/aromatic N) is 2. The van der Waals surface area contributed by atoms with E-state index in [-0.39, 0.29) is 0 Å². The Balaban J connectivity index is 2.20. The van der Waals surface area contributed by atoms with Gasteiger partial charge in [-0.2, -0.15) is 0 Å². The molecule has 0 aromatic carbocycles. The summed E-state index contributed by atoms with van der Waals surface area (Å²) in [7, 11) is 0. The monoisotopic (exact) mass is 256 g/mol. The molecule has 1 heterocycles. The average molecular weight is 256 g/mol. The first-order valence-electron chi connectivity index (χ1n) is 6.95. The van der Waals surface area contributed by atoms with Gasteiger partial charge in [0.15, 0.2) is 5.96 Å². The van der Waals surface area contributed by atoms with Crippen LogP contribution in [0.15, 0.2) is 4.99 Å². The first kappa shape index (κ1) is 15.2. The first-order chi connectivity index (χ1) is 8.59. The zero-order valence-corrected chi connectivity index (χ0v) is 12.0. The van der Waals surface area contributed by atoms with Crippen molar-refractivity contribution >= 4 is 5.96 Å². The molecule has 0 aliphatic carbocycles. The van der Waals surface area contributed by atoms with Gasteiger partial charge in [-0.1, -0.05) is 13.8 Å². The van der Waals surface area contributed by atoms with E-state index in [1.165, 1.54) is 0 Å². The lowest BCUT2D eigenvalue weighted by Gasteiger charge is -2.31. The third-order valence-corrected chi connectivity index (χ3v) is 3.22. The number of morpholine rings is 1. The summed E-state index contributed by atoms with van der Waals surface area (Å²) in [6.45, 7) is 11.9. The van der Waals surface area contributed by atoms with Crippen molar-refractivity contribution in [1.29, 1.82) is 0 Å². The number of nitrogens with two attached hydrogens (primary N) is 1. The Kier molecular flexibility index (Phi) is 7.05. The van der Waals surface area contributed by atoms with Crippen LogP contribution in [0, 0.1) is 5.92 Å². The van der Waals surface area contributed by atoms with Crippen molar-refractivity contribution in [3.63, 3.8) is 0 Å². The molecule has 5 heteroatoms. The van der Waals surface area contributed by atoms with E-state index in [4.69, 9.17) is 10.5 Å². The molecule has 0 radical (unpaired) electrons. The minimum Gasteiger partial charge on any atom is -0.379 e. The molecule has 5 nitrogen and oxygen atoms in total. The maximum Gasteiger partial charge on any atom is 0.188 e. The van der Waals surface area contributed by atoms with E-state index in [9.17, 15) is 0 Å². The molecular formula is C13H28N4O. The highest BCUT2D eigenvalue weighted by atomic mass is 16.5. The number of hydrogen-bond acceptors (Lipinski definition) is 3. The van der Waals surface area contributed by atoms with E-state index in [1.807, 2.05) is 0 Å². The van der Waals surface area contributed by atoms with Crippen molar-refractivity contribution < 1.29 is 4.74 Å². The molecule has 0 bridgehead atoms. The highest BCUT2D eigenvalue weighted by Gasteiger charge is 2.16. The van der Waals surface area contributed by atoms with Gasteiger partial charge in [0.25, 0.3) is 0 Å². The number of nitrogens with one attached hydrogen (secondary N) is 1. The Labute approximate surface area is 111 Å². The second-order valence-corrected chi connectivity index (χ2v) is 5.33. The topological polar surface area (TPSA) is 62.9 Å². The van der Waals surface area contributed by atoms with Crippen LogP contribution in [-0.2, 0) is 4.74 Å². The third-order valence-electron chi connectivity index (χ3n) is 3.22. The molecule has 1 rings (SSSR count). The molecule has 0 amide bonds. The predicted octanol–water partition coefficient (Wildman–Crippen LogP) is 0.658. The molecule has 0 aromatic rings. The predicted molar refractivity (Wildman–Crippen MR) is 75.8 cm³/mol. The number of rotatable bonds is 6. The molecule has 1 aliphatic heterocycles. The van der Waals surface area contributed by atoms with E-state index in [0.29, 0.717) is 17.9 Å². The zero-order chi connectivity index (χ0) is 13.4. The largest absolute Gasteiger partial charge is 0.379 e. The molecule has 1 fully saturated rings. The summed E-state index contributed by atoms with van der Waals surface area (Å²) < 4.78 is 5.34. The molecule has 106 valence electrons. The highest BCUT2D eigenvalue weighted by Crippen LogP contribution is 2.03. The van der Waals surface area contributed by atoms with Gasteiger partial charge in [-0.25, -0.2) is 0 Å². The van der Waals surface area contributed by atoms with Crippen LogP contribution in [0.4, 0.5) is 0 Å². The Morgan fingerprint density at radius 1 is 1.33 bits per heavy atom. The van der Waals surface area contributed by atoms with Crippen LogP contribution in [0.1, 0.15) is 27.2 Å². The smallest absolute Gasteiger partial charge is 0.188 e. The lowest BCUT2D eigenvalue weighted by molar-refractivity contribution is 0.0220. The fraction of sp³-hybridized carbons (Fsp3) is 0.923. The molecule has 1 saturated heterocycles. The molecule has 1 aliphatic rings. The quantitative estimate of drug-likeness (QED) is 0.541. The Hall–Kier alpha value is -0.810. The molecule has 3 N–H and O–H groups in total. The van der Waals surface area contributed by atoms with Crippen molar-refractivity contribution in [1.82, 2.24) is 10.2 Å². The standard InChI is InChI=1S/C13H28N4O/c1-11(2)4-5-15-13(14)16-10-12(3)17-6-8-18-9-7-17/h11-12H,4-10H2,1-3H3,(H3,14,15,16)/t12-/m1/s1. The van der Waals surface area contributed by atoms with Crippen LogP contribution in [0.25, 0.3) is 0 Å². The van der Waals surface area contributed by atoms with Gasteiger partial charge in [0.1, 0.15) is 0 Å². The normalized spacial score (nSPS) is 20.1. The van der Waals surface area contributed by atoms with Crippen molar-refractivity contribution in [2.24, 2.45) is 16.6 Å². The van der Waals surface area contributed by atoms with Crippen molar-refractivity contribution in [2.75, 3.05) is 39.4 Å². The van der Waals surface area contributed by atoms with Gasteiger partial charge >= 0.3 is 0 Å². The zero-order valence-electron chi connectivity index (χ0n) is 12.0. The van der Waals surface area contributed by atoms with Gasteiger partial charge in [0.2, 0.25) is 0 Å². The van der Waals surface area contributed by atoms with Crippen LogP contribution in [-0.4, -0.2) is 56.3 Å². The van der Waals surface area contributed by atoms with Gasteiger partial charge in [-0.05, 0) is 19.3 Å². The second kappa shape index (κ2) is 8.32. The van der Waals surface area contributed by atoms with E-state index < -0.39 is 0 Å². The summed E-state index contributed by atoms with van der Waals surface area (Å²) in [4.78, 5) is 6.79. The van der Waals surface area contributed by atoms with Crippen molar-refractivity contribution in [3.8, 4) is 0 Å². The van der Waals surface area contributed by atoms with E-state index >= 15 is 0 Å². The number of hydrogen-bond donors (Lipinski definition) is 2. The fourth-order valence-electron chi connectivity index (χ4n) is 1.91. The third kappa shape index (κ3) is 6.21. The first-order valence-corrected chi connectivity index (χ1v) is 6.95. The second-order valence-electron chi connectivity index (χ2n) is 5.33. The summed E-state index contributed by atoms with van der Waals surface area (Å²) in [6, 6.07) is 0.430. The molecule has 0 aromatic heterocycles. The van der Waals surface area contributed by atoms with Gasteiger partial charge in [-0.3, -0.25) is 9.89 Å². The molecule has 0 saturated carbocycles. The van der Waals surface area contributed by atoms with Gasteiger partial charge in [0.05, 0.1) is 19.8 Å². The van der Waals surface area contributed by atoms with Gasteiger partial charge < -0.3 is 15.8 Å². The Morgan fingerprint density at radius 3 is 2.61 bits per heavy atom. The maximum atomic E-state index is 5.83. The molecule has 0 unspecified atom stereocenters. The number of guanidine groups is 1. The van der Waals surface area contributed by atoms with Gasteiger partial charge in [0, 0.05) is 25.7 Å². The lowest BCUT2D eigenvalue weighted by Crippen LogP contribution is -2.44. The Morgan fingerprint density at radius 2 is 2.00 bits per heavy atom. The molecule has 18 heavy (non-hydrogen) atoms. The Bertz CT molecular complexity index is 249. The summed E-state index contributed by atoms with van der Waals surface area (Å²) >= 11 is 0. The van der Waals surface area contributed by atoms with Crippen molar-refractivity contribution in [3.05, 3.63) is 0 Å². The number of aliphatic imine (C=N–C) groups is 1. The molecule has 1 atom stereocenters. The molecular weight excluding hydrogens is 228 g/mol. The van der Waals surface area contributed by atoms with Crippen LogP contribution in [0.3, 0.4) is 0 Å². The number of ether oxygens (including phenoxy) is 1. The van der Waals surface area contributed by atoms with E-state index in [1.54, 1.807) is 0 Å². The lowest BCUT2D eigenvalue weighted by atomic mass is 10.1. The summed E-state index contributed by atoms with van der Waals surface area (Å²) in [5, 5.41) is 3.16. The average Bonchev–Trinajstić information content (AvgIpc) is 2.36. The van der Waals surface area contributed by atoms with Crippen LogP contribution in [0.2, 0.25) is 0 Å².